The van der Waals surface area contributed by atoms with E-state index < -0.39 is 5.91 Å². The van der Waals surface area contributed by atoms with E-state index in [4.69, 9.17) is 0 Å². The second kappa shape index (κ2) is 9.84. The normalized spacial score (nSPS) is 16.1. The number of piperidine rings is 1. The van der Waals surface area contributed by atoms with Gasteiger partial charge in [0.15, 0.2) is 0 Å². The quantitative estimate of drug-likeness (QED) is 0.698. The SMILES string of the molecule is C=CNC(=O)C(=O)CCCC1CCN(Cc2ccc(C(C)(C)C)cc2)CC1. The summed E-state index contributed by atoms with van der Waals surface area (Å²) in [5, 5.41) is 2.34. The number of nitrogens with zero attached hydrogens (tertiary/aromatic N) is 1. The van der Waals surface area contributed by atoms with Gasteiger partial charge >= 0.3 is 0 Å². The molecule has 1 aliphatic rings. The van der Waals surface area contributed by atoms with Gasteiger partial charge in [-0.2, -0.15) is 0 Å². The topological polar surface area (TPSA) is 49.4 Å². The molecule has 4 heteroatoms. The highest BCUT2D eigenvalue weighted by atomic mass is 16.2. The molecule has 0 bridgehead atoms. The van der Waals surface area contributed by atoms with Gasteiger partial charge in [0, 0.05) is 13.0 Å². The number of amides is 1. The summed E-state index contributed by atoms with van der Waals surface area (Å²) in [7, 11) is 0. The third-order valence-corrected chi connectivity index (χ3v) is 5.44. The predicted molar refractivity (Wildman–Crippen MR) is 110 cm³/mol. The van der Waals surface area contributed by atoms with Crippen LogP contribution in [-0.4, -0.2) is 29.7 Å². The van der Waals surface area contributed by atoms with Crippen LogP contribution in [0.15, 0.2) is 37.0 Å². The maximum Gasteiger partial charge on any atom is 0.291 e. The number of likely N-dealkylation sites (tertiary alicyclic amines) is 1. The minimum absolute atomic E-state index is 0.199. The average molecular weight is 371 g/mol. The Morgan fingerprint density at radius 2 is 1.81 bits per heavy atom. The van der Waals surface area contributed by atoms with E-state index in [0.29, 0.717) is 12.3 Å². The number of hydrogen-bond donors (Lipinski definition) is 1. The Kier molecular flexibility index (Phi) is 7.78. The summed E-state index contributed by atoms with van der Waals surface area (Å²) in [5.41, 5.74) is 2.95. The van der Waals surface area contributed by atoms with Crippen molar-refractivity contribution in [1.29, 1.82) is 0 Å². The van der Waals surface area contributed by atoms with Crippen molar-refractivity contribution < 1.29 is 9.59 Å². The van der Waals surface area contributed by atoms with Crippen LogP contribution in [0.25, 0.3) is 0 Å². The molecule has 0 spiro atoms. The zero-order valence-electron chi connectivity index (χ0n) is 17.1. The molecule has 27 heavy (non-hydrogen) atoms. The van der Waals surface area contributed by atoms with E-state index in [1.165, 1.54) is 30.2 Å². The summed E-state index contributed by atoms with van der Waals surface area (Å²) >= 11 is 0. The van der Waals surface area contributed by atoms with E-state index in [-0.39, 0.29) is 11.2 Å². The first-order chi connectivity index (χ1) is 12.8. The molecule has 1 aromatic rings. The van der Waals surface area contributed by atoms with E-state index in [1.807, 2.05) is 0 Å². The number of ketones is 1. The van der Waals surface area contributed by atoms with Crippen LogP contribution in [-0.2, 0) is 21.5 Å². The van der Waals surface area contributed by atoms with E-state index >= 15 is 0 Å². The smallest absolute Gasteiger partial charge is 0.291 e. The lowest BCUT2D eigenvalue weighted by molar-refractivity contribution is -0.137. The molecule has 0 saturated carbocycles. The maximum atomic E-state index is 11.6. The van der Waals surface area contributed by atoms with Gasteiger partial charge < -0.3 is 5.32 Å². The number of Topliss-reactive ketones (excluding diaryl/α,β-unsaturated/α-hetero) is 1. The van der Waals surface area contributed by atoms with Gasteiger partial charge in [0.05, 0.1) is 0 Å². The average Bonchev–Trinajstić information content (AvgIpc) is 2.63. The van der Waals surface area contributed by atoms with Crippen molar-refractivity contribution in [1.82, 2.24) is 10.2 Å². The van der Waals surface area contributed by atoms with Gasteiger partial charge in [-0.1, -0.05) is 51.6 Å². The zero-order chi connectivity index (χ0) is 19.9. The fourth-order valence-electron chi connectivity index (χ4n) is 3.64. The molecule has 1 heterocycles. The molecule has 0 aromatic heterocycles. The Bertz CT molecular complexity index is 635. The van der Waals surface area contributed by atoms with E-state index in [2.05, 4.69) is 61.8 Å². The zero-order valence-corrected chi connectivity index (χ0v) is 17.1. The van der Waals surface area contributed by atoms with Crippen molar-refractivity contribution in [3.63, 3.8) is 0 Å². The molecule has 0 atom stereocenters. The predicted octanol–water partition coefficient (Wildman–Crippen LogP) is 4.20. The Morgan fingerprint density at radius 3 is 2.37 bits per heavy atom. The Hall–Kier alpha value is -1.94. The van der Waals surface area contributed by atoms with Crippen LogP contribution in [0.1, 0.15) is 64.0 Å². The third-order valence-electron chi connectivity index (χ3n) is 5.44. The van der Waals surface area contributed by atoms with Crippen LogP contribution in [0.5, 0.6) is 0 Å². The molecule has 1 saturated heterocycles. The number of carbonyl (C=O) groups excluding carboxylic acids is 2. The van der Waals surface area contributed by atoms with Crippen LogP contribution in [0, 0.1) is 5.92 Å². The molecule has 4 nitrogen and oxygen atoms in total. The summed E-state index contributed by atoms with van der Waals surface area (Å²) in [4.78, 5) is 25.5. The largest absolute Gasteiger partial charge is 0.327 e. The number of benzene rings is 1. The highest BCUT2D eigenvalue weighted by Gasteiger charge is 2.20. The highest BCUT2D eigenvalue weighted by molar-refractivity contribution is 6.36. The monoisotopic (exact) mass is 370 g/mol. The van der Waals surface area contributed by atoms with Gasteiger partial charge in [-0.05, 0) is 67.4 Å². The molecule has 0 radical (unpaired) electrons. The molecule has 0 unspecified atom stereocenters. The van der Waals surface area contributed by atoms with Crippen molar-refractivity contribution in [3.8, 4) is 0 Å². The Labute approximate surface area is 164 Å². The summed E-state index contributed by atoms with van der Waals surface area (Å²) < 4.78 is 0. The molecule has 0 aliphatic carbocycles. The molecule has 1 aromatic carbocycles. The van der Waals surface area contributed by atoms with Crippen molar-refractivity contribution in [2.75, 3.05) is 13.1 Å². The number of hydrogen-bond acceptors (Lipinski definition) is 3. The number of nitrogens with one attached hydrogen (secondary N) is 1. The fraction of sp³-hybridized carbons (Fsp3) is 0.565. The molecule has 148 valence electrons. The first-order valence-electron chi connectivity index (χ1n) is 10.1. The molecular formula is C23H34N2O2. The van der Waals surface area contributed by atoms with Crippen LogP contribution >= 0.6 is 0 Å². The van der Waals surface area contributed by atoms with Crippen molar-refractivity contribution in [3.05, 3.63) is 48.2 Å². The number of rotatable bonds is 8. The molecule has 1 amide bonds. The highest BCUT2D eigenvalue weighted by Crippen LogP contribution is 2.25. The van der Waals surface area contributed by atoms with E-state index in [1.54, 1.807) is 0 Å². The van der Waals surface area contributed by atoms with Gasteiger partial charge in [0.1, 0.15) is 0 Å². The third kappa shape index (κ3) is 6.94. The second-order valence-electron chi connectivity index (χ2n) is 8.66. The van der Waals surface area contributed by atoms with Gasteiger partial charge in [-0.25, -0.2) is 0 Å². The minimum Gasteiger partial charge on any atom is -0.327 e. The Balaban J connectivity index is 1.69. The molecule has 2 rings (SSSR count). The van der Waals surface area contributed by atoms with Crippen molar-refractivity contribution >= 4 is 11.7 Å². The van der Waals surface area contributed by atoms with Crippen molar-refractivity contribution in [2.24, 2.45) is 5.92 Å². The van der Waals surface area contributed by atoms with E-state index in [0.717, 1.165) is 32.5 Å². The van der Waals surface area contributed by atoms with Gasteiger partial charge in [0.25, 0.3) is 5.91 Å². The standard InChI is InChI=1S/C23H34N2O2/c1-5-24-22(27)21(26)8-6-7-18-13-15-25(16-14-18)17-19-9-11-20(12-10-19)23(2,3)4/h5,9-12,18H,1,6-8,13-17H2,2-4H3,(H,24,27). The first kappa shape index (κ1) is 21.4. The second-order valence-corrected chi connectivity index (χ2v) is 8.66. The van der Waals surface area contributed by atoms with Gasteiger partial charge in [-0.3, -0.25) is 14.5 Å². The summed E-state index contributed by atoms with van der Waals surface area (Å²) in [6.45, 7) is 13.4. The van der Waals surface area contributed by atoms with Crippen LogP contribution in [0.2, 0.25) is 0 Å². The summed E-state index contributed by atoms with van der Waals surface area (Å²) in [5.74, 6) is -0.219. The van der Waals surface area contributed by atoms with Crippen molar-refractivity contribution in [2.45, 2.75) is 64.8 Å². The fourth-order valence-corrected chi connectivity index (χ4v) is 3.64. The van der Waals surface area contributed by atoms with Gasteiger partial charge in [-0.15, -0.1) is 0 Å². The summed E-state index contributed by atoms with van der Waals surface area (Å²) in [6, 6.07) is 9.02. The lowest BCUT2D eigenvalue weighted by Gasteiger charge is -2.32. The lowest BCUT2D eigenvalue weighted by atomic mass is 9.86. The van der Waals surface area contributed by atoms with Gasteiger partial charge in [0.2, 0.25) is 5.78 Å². The molecule has 1 fully saturated rings. The summed E-state index contributed by atoms with van der Waals surface area (Å²) in [6.07, 6.45) is 5.76. The number of carbonyl (C=O) groups is 2. The lowest BCUT2D eigenvalue weighted by Crippen LogP contribution is -2.33. The molecular weight excluding hydrogens is 336 g/mol. The molecule has 1 N–H and O–H groups in total. The first-order valence-corrected chi connectivity index (χ1v) is 10.1. The molecule has 1 aliphatic heterocycles. The van der Waals surface area contributed by atoms with E-state index in [9.17, 15) is 9.59 Å². The maximum absolute atomic E-state index is 11.6. The Morgan fingerprint density at radius 1 is 1.19 bits per heavy atom. The van der Waals surface area contributed by atoms with Crippen LogP contribution in [0.3, 0.4) is 0 Å². The van der Waals surface area contributed by atoms with Crippen LogP contribution < -0.4 is 5.32 Å². The minimum atomic E-state index is -0.544. The van der Waals surface area contributed by atoms with Crippen LogP contribution in [0.4, 0.5) is 0 Å².